The second kappa shape index (κ2) is 5.78. The summed E-state index contributed by atoms with van der Waals surface area (Å²) in [7, 11) is 0. The molecule has 4 rings (SSSR count). The molecule has 2 aromatic carbocycles. The van der Waals surface area contributed by atoms with Gasteiger partial charge in [0.1, 0.15) is 11.3 Å². The maximum absolute atomic E-state index is 9.55. The zero-order valence-corrected chi connectivity index (χ0v) is 13.0. The molecule has 0 fully saturated rings. The van der Waals surface area contributed by atoms with Crippen LogP contribution in [0.5, 0.6) is 5.75 Å². The first-order valence-corrected chi connectivity index (χ1v) is 7.48. The molecular formula is C16H11ClN6O. The number of nitrogens with zero attached hydrogens (tertiary/aromatic N) is 4. The van der Waals surface area contributed by atoms with Gasteiger partial charge in [-0.2, -0.15) is 10.1 Å². The number of benzene rings is 2. The molecule has 8 heteroatoms. The molecule has 2 heterocycles. The highest BCUT2D eigenvalue weighted by atomic mass is 35.5. The molecule has 0 radical (unpaired) electrons. The quantitative estimate of drug-likeness (QED) is 0.393. The minimum atomic E-state index is -0.00183. The number of phenols is 1. The Morgan fingerprint density at radius 3 is 2.92 bits per heavy atom. The number of fused-ring (bicyclic) bond motifs is 3. The van der Waals surface area contributed by atoms with Crippen molar-refractivity contribution in [3.8, 4) is 5.75 Å². The van der Waals surface area contributed by atoms with E-state index >= 15 is 0 Å². The zero-order valence-electron chi connectivity index (χ0n) is 12.2. The lowest BCUT2D eigenvalue weighted by Gasteiger charge is -2.00. The van der Waals surface area contributed by atoms with Gasteiger partial charge in [-0.05, 0) is 12.1 Å². The maximum atomic E-state index is 9.55. The molecule has 0 amide bonds. The highest BCUT2D eigenvalue weighted by Gasteiger charge is 2.08. The number of aromatic nitrogens is 4. The van der Waals surface area contributed by atoms with Crippen LogP contribution in [0.1, 0.15) is 5.56 Å². The van der Waals surface area contributed by atoms with Gasteiger partial charge in [-0.25, -0.2) is 5.43 Å². The van der Waals surface area contributed by atoms with Crippen molar-refractivity contribution in [3.63, 3.8) is 0 Å². The van der Waals surface area contributed by atoms with Crippen LogP contribution < -0.4 is 5.43 Å². The zero-order chi connectivity index (χ0) is 16.5. The minimum Gasteiger partial charge on any atom is -0.506 e. The van der Waals surface area contributed by atoms with Gasteiger partial charge in [0.25, 0.3) is 5.95 Å². The molecule has 3 N–H and O–H groups in total. The Kier molecular flexibility index (Phi) is 3.47. The third kappa shape index (κ3) is 2.50. The molecule has 118 valence electrons. The standard InChI is InChI=1S/C16H11ClN6O/c17-13-9(4-3-7-12(13)24)8-18-22-16-20-15-14(21-23-16)10-5-1-2-6-11(10)19-15/h1-8,24H,(H2,19,20,22,23)/b18-8+. The molecule has 4 aromatic rings. The summed E-state index contributed by atoms with van der Waals surface area (Å²) in [5.41, 5.74) is 5.55. The number of aromatic amines is 1. The van der Waals surface area contributed by atoms with E-state index in [0.29, 0.717) is 16.7 Å². The second-order valence-electron chi connectivity index (χ2n) is 5.05. The Balaban J connectivity index is 1.61. The third-order valence-electron chi connectivity index (χ3n) is 3.50. The molecule has 0 atom stereocenters. The van der Waals surface area contributed by atoms with E-state index < -0.39 is 0 Å². The summed E-state index contributed by atoms with van der Waals surface area (Å²) < 4.78 is 0. The Bertz CT molecular complexity index is 1070. The number of halogens is 1. The molecule has 0 aliphatic carbocycles. The lowest BCUT2D eigenvalue weighted by molar-refractivity contribution is 0.475. The van der Waals surface area contributed by atoms with Crippen molar-refractivity contribution in [2.75, 3.05) is 5.43 Å². The third-order valence-corrected chi connectivity index (χ3v) is 3.91. The van der Waals surface area contributed by atoms with Gasteiger partial charge in [-0.1, -0.05) is 41.9 Å². The number of aromatic hydroxyl groups is 1. The normalized spacial score (nSPS) is 11.5. The highest BCUT2D eigenvalue weighted by molar-refractivity contribution is 6.34. The molecule has 0 aliphatic heterocycles. The molecule has 7 nitrogen and oxygen atoms in total. The van der Waals surface area contributed by atoms with E-state index in [0.717, 1.165) is 10.9 Å². The number of rotatable bonds is 3. The van der Waals surface area contributed by atoms with Crippen LogP contribution in [0.15, 0.2) is 47.6 Å². The van der Waals surface area contributed by atoms with Gasteiger partial charge in [0, 0.05) is 16.5 Å². The first kappa shape index (κ1) is 14.4. The van der Waals surface area contributed by atoms with Gasteiger partial charge >= 0.3 is 0 Å². The molecule has 24 heavy (non-hydrogen) atoms. The molecule has 2 aromatic heterocycles. The largest absolute Gasteiger partial charge is 0.506 e. The van der Waals surface area contributed by atoms with Crippen molar-refractivity contribution < 1.29 is 5.11 Å². The highest BCUT2D eigenvalue weighted by Crippen LogP contribution is 2.25. The van der Waals surface area contributed by atoms with Crippen molar-refractivity contribution >= 4 is 45.8 Å². The van der Waals surface area contributed by atoms with Crippen LogP contribution in [0.3, 0.4) is 0 Å². The predicted octanol–water partition coefficient (Wildman–Crippen LogP) is 3.31. The van der Waals surface area contributed by atoms with Crippen molar-refractivity contribution in [2.24, 2.45) is 5.10 Å². The fourth-order valence-corrected chi connectivity index (χ4v) is 2.54. The van der Waals surface area contributed by atoms with Gasteiger partial charge in [-0.15, -0.1) is 10.2 Å². The first-order chi connectivity index (χ1) is 11.7. The number of nitrogens with one attached hydrogen (secondary N) is 2. The van der Waals surface area contributed by atoms with Crippen LogP contribution in [0, 0.1) is 0 Å². The number of para-hydroxylation sites is 1. The monoisotopic (exact) mass is 338 g/mol. The Morgan fingerprint density at radius 1 is 1.12 bits per heavy atom. The molecule has 0 spiro atoms. The van der Waals surface area contributed by atoms with Crippen LogP contribution in [-0.4, -0.2) is 31.5 Å². The summed E-state index contributed by atoms with van der Waals surface area (Å²) in [5.74, 6) is 0.250. The Morgan fingerprint density at radius 2 is 2.00 bits per heavy atom. The van der Waals surface area contributed by atoms with Gasteiger partial charge in [0.2, 0.25) is 0 Å². The average molecular weight is 339 g/mol. The van der Waals surface area contributed by atoms with Crippen molar-refractivity contribution in [3.05, 3.63) is 53.1 Å². The number of hydrogen-bond donors (Lipinski definition) is 3. The van der Waals surface area contributed by atoms with Gasteiger partial charge in [0.15, 0.2) is 5.65 Å². The Labute approximate surface area is 141 Å². The molecule has 0 aliphatic rings. The summed E-state index contributed by atoms with van der Waals surface area (Å²) in [6, 6.07) is 12.7. The summed E-state index contributed by atoms with van der Waals surface area (Å²) in [6.07, 6.45) is 1.47. The van der Waals surface area contributed by atoms with E-state index in [-0.39, 0.29) is 16.7 Å². The van der Waals surface area contributed by atoms with E-state index in [2.05, 4.69) is 30.7 Å². The van der Waals surface area contributed by atoms with Crippen LogP contribution in [0.2, 0.25) is 5.02 Å². The smallest absolute Gasteiger partial charge is 0.265 e. The van der Waals surface area contributed by atoms with Crippen LogP contribution >= 0.6 is 11.6 Å². The SMILES string of the molecule is Oc1cccc(/C=N/Nc2nnc3c(n2)[nH]c2ccccc23)c1Cl. The minimum absolute atomic E-state index is 0.00183. The predicted molar refractivity (Wildman–Crippen MR) is 93.5 cm³/mol. The van der Waals surface area contributed by atoms with E-state index in [4.69, 9.17) is 11.6 Å². The summed E-state index contributed by atoms with van der Waals surface area (Å²) in [4.78, 5) is 7.53. The maximum Gasteiger partial charge on any atom is 0.265 e. The summed E-state index contributed by atoms with van der Waals surface area (Å²) in [5, 5.41) is 23.0. The van der Waals surface area contributed by atoms with Gasteiger partial charge in [-0.3, -0.25) is 0 Å². The molecule has 0 saturated carbocycles. The first-order valence-electron chi connectivity index (χ1n) is 7.10. The fraction of sp³-hybridized carbons (Fsp3) is 0. The van der Waals surface area contributed by atoms with Gasteiger partial charge in [0.05, 0.1) is 11.2 Å². The summed E-state index contributed by atoms with van der Waals surface area (Å²) in [6.45, 7) is 0. The van der Waals surface area contributed by atoms with Crippen molar-refractivity contribution in [1.29, 1.82) is 0 Å². The van der Waals surface area contributed by atoms with E-state index in [1.807, 2.05) is 24.3 Å². The van der Waals surface area contributed by atoms with Crippen LogP contribution in [0.4, 0.5) is 5.95 Å². The number of hydrogen-bond acceptors (Lipinski definition) is 6. The molecule has 0 saturated heterocycles. The number of hydrazone groups is 1. The van der Waals surface area contributed by atoms with E-state index in [1.165, 1.54) is 12.3 Å². The number of anilines is 1. The molecular weight excluding hydrogens is 328 g/mol. The topological polar surface area (TPSA) is 99.1 Å². The van der Waals surface area contributed by atoms with E-state index in [9.17, 15) is 5.11 Å². The average Bonchev–Trinajstić information content (AvgIpc) is 2.96. The van der Waals surface area contributed by atoms with Gasteiger partial charge < -0.3 is 10.1 Å². The van der Waals surface area contributed by atoms with Crippen molar-refractivity contribution in [1.82, 2.24) is 20.2 Å². The Hall–Kier alpha value is -3.19. The number of phenolic OH excluding ortho intramolecular Hbond substituents is 1. The molecule has 0 unspecified atom stereocenters. The lowest BCUT2D eigenvalue weighted by Crippen LogP contribution is -1.99. The van der Waals surface area contributed by atoms with Crippen LogP contribution in [-0.2, 0) is 0 Å². The van der Waals surface area contributed by atoms with E-state index in [1.54, 1.807) is 12.1 Å². The number of H-pyrrole nitrogens is 1. The lowest BCUT2D eigenvalue weighted by atomic mass is 10.2. The van der Waals surface area contributed by atoms with Crippen LogP contribution in [0.25, 0.3) is 22.1 Å². The summed E-state index contributed by atoms with van der Waals surface area (Å²) >= 11 is 5.98. The fourth-order valence-electron chi connectivity index (χ4n) is 2.36. The second-order valence-corrected chi connectivity index (χ2v) is 5.43. The molecule has 0 bridgehead atoms. The van der Waals surface area contributed by atoms with Crippen molar-refractivity contribution in [2.45, 2.75) is 0 Å².